The van der Waals surface area contributed by atoms with Crippen molar-refractivity contribution >= 4 is 46.0 Å². The first-order valence-corrected chi connectivity index (χ1v) is 5.98. The van der Waals surface area contributed by atoms with Gasteiger partial charge in [0.2, 0.25) is 5.28 Å². The number of aromatic nitrogens is 2. The Hall–Kier alpha value is -1.04. The van der Waals surface area contributed by atoms with E-state index in [0.29, 0.717) is 18.1 Å². The van der Waals surface area contributed by atoms with Crippen molar-refractivity contribution in [2.45, 2.75) is 6.54 Å². The van der Waals surface area contributed by atoms with Crippen molar-refractivity contribution in [1.29, 1.82) is 0 Å². The zero-order valence-corrected chi connectivity index (χ0v) is 10.4. The van der Waals surface area contributed by atoms with Crippen molar-refractivity contribution < 1.29 is 0 Å². The summed E-state index contributed by atoms with van der Waals surface area (Å²) in [6.07, 6.45) is 1.47. The molecule has 16 heavy (non-hydrogen) atoms. The molecule has 2 heterocycles. The molecule has 2 aromatic heterocycles. The van der Waals surface area contributed by atoms with Gasteiger partial charge in [-0.25, -0.2) is 4.98 Å². The summed E-state index contributed by atoms with van der Waals surface area (Å²) in [5.41, 5.74) is 6.15. The lowest BCUT2D eigenvalue weighted by Gasteiger charge is -2.06. The SMILES string of the molecule is Nc1cnc(Cl)nc1NCc1ccc(Cl)s1. The summed E-state index contributed by atoms with van der Waals surface area (Å²) in [4.78, 5) is 8.85. The first kappa shape index (κ1) is 11.4. The summed E-state index contributed by atoms with van der Waals surface area (Å²) in [5, 5.41) is 3.24. The van der Waals surface area contributed by atoms with Crippen LogP contribution in [0.1, 0.15) is 4.88 Å². The van der Waals surface area contributed by atoms with Crippen LogP contribution in [0.2, 0.25) is 9.62 Å². The maximum absolute atomic E-state index is 5.82. The summed E-state index contributed by atoms with van der Waals surface area (Å²) in [7, 11) is 0. The Kier molecular flexibility index (Phi) is 3.48. The fraction of sp³-hybridized carbons (Fsp3) is 0.111. The number of thiophene rings is 1. The second kappa shape index (κ2) is 4.86. The van der Waals surface area contributed by atoms with Gasteiger partial charge in [0.05, 0.1) is 22.8 Å². The van der Waals surface area contributed by atoms with E-state index in [1.807, 2.05) is 12.1 Å². The topological polar surface area (TPSA) is 63.8 Å². The van der Waals surface area contributed by atoms with Crippen molar-refractivity contribution in [2.75, 3.05) is 11.1 Å². The van der Waals surface area contributed by atoms with Crippen molar-refractivity contribution in [3.8, 4) is 0 Å². The third-order valence-corrected chi connectivity index (χ3v) is 3.26. The molecule has 0 amide bonds. The highest BCUT2D eigenvalue weighted by atomic mass is 35.5. The van der Waals surface area contributed by atoms with Crippen LogP contribution in [0.5, 0.6) is 0 Å². The molecule has 2 aromatic rings. The van der Waals surface area contributed by atoms with E-state index in [2.05, 4.69) is 15.3 Å². The first-order chi connectivity index (χ1) is 7.65. The highest BCUT2D eigenvalue weighted by molar-refractivity contribution is 7.16. The van der Waals surface area contributed by atoms with E-state index in [1.165, 1.54) is 17.5 Å². The van der Waals surface area contributed by atoms with Crippen LogP contribution in [-0.4, -0.2) is 9.97 Å². The molecule has 0 aromatic carbocycles. The van der Waals surface area contributed by atoms with Gasteiger partial charge in [-0.05, 0) is 23.7 Å². The Morgan fingerprint density at radius 2 is 2.19 bits per heavy atom. The number of nitrogen functional groups attached to an aromatic ring is 1. The van der Waals surface area contributed by atoms with Crippen LogP contribution >= 0.6 is 34.5 Å². The van der Waals surface area contributed by atoms with Crippen molar-refractivity contribution in [3.05, 3.63) is 32.8 Å². The quantitative estimate of drug-likeness (QED) is 0.845. The first-order valence-electron chi connectivity index (χ1n) is 4.41. The average Bonchev–Trinajstić information content (AvgIpc) is 2.66. The fourth-order valence-corrected chi connectivity index (χ4v) is 2.29. The van der Waals surface area contributed by atoms with E-state index in [4.69, 9.17) is 28.9 Å². The fourth-order valence-electron chi connectivity index (χ4n) is 1.13. The summed E-state index contributed by atoms with van der Waals surface area (Å²) in [6, 6.07) is 3.79. The van der Waals surface area contributed by atoms with E-state index in [0.717, 1.165) is 9.21 Å². The van der Waals surface area contributed by atoms with Crippen molar-refractivity contribution in [3.63, 3.8) is 0 Å². The summed E-state index contributed by atoms with van der Waals surface area (Å²) >= 11 is 13.0. The third-order valence-electron chi connectivity index (χ3n) is 1.85. The molecular weight excluding hydrogens is 267 g/mol. The minimum Gasteiger partial charge on any atom is -0.394 e. The number of anilines is 2. The molecule has 0 bridgehead atoms. The molecule has 0 aliphatic rings. The van der Waals surface area contributed by atoms with E-state index in [1.54, 1.807) is 0 Å². The molecule has 3 N–H and O–H groups in total. The minimum atomic E-state index is 0.168. The molecule has 84 valence electrons. The molecule has 0 saturated carbocycles. The van der Waals surface area contributed by atoms with Gasteiger partial charge >= 0.3 is 0 Å². The molecule has 0 unspecified atom stereocenters. The van der Waals surface area contributed by atoms with Crippen LogP contribution < -0.4 is 11.1 Å². The summed E-state index contributed by atoms with van der Waals surface area (Å²) in [6.45, 7) is 0.606. The predicted octanol–water partition coefficient (Wildman–Crippen LogP) is 3.04. The molecule has 4 nitrogen and oxygen atoms in total. The predicted molar refractivity (Wildman–Crippen MR) is 68.1 cm³/mol. The van der Waals surface area contributed by atoms with Gasteiger partial charge < -0.3 is 11.1 Å². The van der Waals surface area contributed by atoms with Crippen LogP contribution in [0.15, 0.2) is 18.3 Å². The summed E-state index contributed by atoms with van der Waals surface area (Å²) in [5.74, 6) is 0.532. The van der Waals surface area contributed by atoms with Crippen LogP contribution in [0.25, 0.3) is 0 Å². The zero-order valence-electron chi connectivity index (χ0n) is 8.08. The average molecular weight is 275 g/mol. The number of nitrogens with one attached hydrogen (secondary N) is 1. The van der Waals surface area contributed by atoms with E-state index in [9.17, 15) is 0 Å². The van der Waals surface area contributed by atoms with Crippen LogP contribution in [0, 0.1) is 0 Å². The molecule has 0 radical (unpaired) electrons. The van der Waals surface area contributed by atoms with Crippen molar-refractivity contribution in [2.24, 2.45) is 0 Å². The highest BCUT2D eigenvalue weighted by Gasteiger charge is 2.04. The van der Waals surface area contributed by atoms with Gasteiger partial charge in [-0.15, -0.1) is 11.3 Å². The number of nitrogens with two attached hydrogens (primary N) is 1. The molecule has 7 heteroatoms. The van der Waals surface area contributed by atoms with Gasteiger partial charge in [-0.3, -0.25) is 0 Å². The van der Waals surface area contributed by atoms with Crippen LogP contribution in [0.3, 0.4) is 0 Å². The van der Waals surface area contributed by atoms with Crippen LogP contribution in [0.4, 0.5) is 11.5 Å². The van der Waals surface area contributed by atoms with Gasteiger partial charge in [0.25, 0.3) is 0 Å². The molecule has 0 spiro atoms. The maximum Gasteiger partial charge on any atom is 0.224 e. The number of hydrogen-bond donors (Lipinski definition) is 2. The zero-order chi connectivity index (χ0) is 11.5. The maximum atomic E-state index is 5.82. The Morgan fingerprint density at radius 1 is 1.38 bits per heavy atom. The second-order valence-electron chi connectivity index (χ2n) is 3.00. The molecule has 0 fully saturated rings. The highest BCUT2D eigenvalue weighted by Crippen LogP contribution is 2.23. The Labute approximate surface area is 106 Å². The molecule has 2 rings (SSSR count). The number of nitrogens with zero attached hydrogens (tertiary/aromatic N) is 2. The Balaban J connectivity index is 2.07. The van der Waals surface area contributed by atoms with Gasteiger partial charge in [-0.1, -0.05) is 11.6 Å². The molecule has 0 saturated heterocycles. The molecular formula is C9H8Cl2N4S. The lowest BCUT2D eigenvalue weighted by atomic mass is 10.4. The smallest absolute Gasteiger partial charge is 0.224 e. The minimum absolute atomic E-state index is 0.168. The summed E-state index contributed by atoms with van der Waals surface area (Å²) < 4.78 is 0.755. The lowest BCUT2D eigenvalue weighted by Crippen LogP contribution is -2.04. The van der Waals surface area contributed by atoms with E-state index in [-0.39, 0.29) is 5.28 Å². The largest absolute Gasteiger partial charge is 0.394 e. The molecule has 0 atom stereocenters. The third kappa shape index (κ3) is 2.75. The standard InChI is InChI=1S/C9H8Cl2N4S/c10-7-2-1-5(16-7)3-13-8-6(12)4-14-9(11)15-8/h1-2,4H,3,12H2,(H,13,14,15). The normalized spacial score (nSPS) is 10.4. The van der Waals surface area contributed by atoms with E-state index < -0.39 is 0 Å². The molecule has 0 aliphatic carbocycles. The van der Waals surface area contributed by atoms with Gasteiger partial charge in [-0.2, -0.15) is 4.98 Å². The molecule has 0 aliphatic heterocycles. The Morgan fingerprint density at radius 3 is 2.88 bits per heavy atom. The van der Waals surface area contributed by atoms with Gasteiger partial charge in [0.1, 0.15) is 0 Å². The van der Waals surface area contributed by atoms with Crippen molar-refractivity contribution in [1.82, 2.24) is 9.97 Å². The number of halogens is 2. The van der Waals surface area contributed by atoms with Crippen LogP contribution in [-0.2, 0) is 6.54 Å². The van der Waals surface area contributed by atoms with E-state index >= 15 is 0 Å². The monoisotopic (exact) mass is 274 g/mol. The Bertz CT molecular complexity index is 500. The van der Waals surface area contributed by atoms with Gasteiger partial charge in [0, 0.05) is 4.88 Å². The lowest BCUT2D eigenvalue weighted by molar-refractivity contribution is 1.10. The van der Waals surface area contributed by atoms with Gasteiger partial charge in [0.15, 0.2) is 5.82 Å². The second-order valence-corrected chi connectivity index (χ2v) is 5.14. The number of rotatable bonds is 3. The number of hydrogen-bond acceptors (Lipinski definition) is 5.